The molecule has 1 unspecified atom stereocenters. The Balaban J connectivity index is 2.36. The van der Waals surface area contributed by atoms with Crippen molar-refractivity contribution < 1.29 is 4.39 Å². The van der Waals surface area contributed by atoms with E-state index in [4.69, 9.17) is 5.73 Å². The molecular weight excluding hydrogens is 261 g/mol. The predicted octanol–water partition coefficient (Wildman–Crippen LogP) is 2.36. The van der Waals surface area contributed by atoms with Crippen LogP contribution in [0.5, 0.6) is 0 Å². The average molecular weight is 270 g/mol. The Morgan fingerprint density at radius 1 is 1.40 bits per heavy atom. The minimum Gasteiger partial charge on any atom is -0.335 e. The van der Waals surface area contributed by atoms with Gasteiger partial charge in [0, 0.05) is 5.56 Å². The summed E-state index contributed by atoms with van der Waals surface area (Å²) >= 11 is 3.22. The van der Waals surface area contributed by atoms with Gasteiger partial charge in [-0.25, -0.2) is 9.37 Å². The zero-order valence-corrected chi connectivity index (χ0v) is 9.33. The number of hydrogen-bond donors (Lipinski definition) is 2. The summed E-state index contributed by atoms with van der Waals surface area (Å²) in [4.78, 5) is 6.95. The Bertz CT molecular complexity index is 469. The number of imidazole rings is 1. The van der Waals surface area contributed by atoms with Gasteiger partial charge in [-0.1, -0.05) is 18.2 Å². The molecular formula is C10H9BrFN3. The van der Waals surface area contributed by atoms with E-state index in [1.54, 1.807) is 24.4 Å². The Morgan fingerprint density at radius 2 is 2.13 bits per heavy atom. The topological polar surface area (TPSA) is 54.7 Å². The summed E-state index contributed by atoms with van der Waals surface area (Å²) in [5.41, 5.74) is 6.31. The molecule has 0 aliphatic carbocycles. The summed E-state index contributed by atoms with van der Waals surface area (Å²) in [5, 5.41) is 0. The molecule has 78 valence electrons. The quantitative estimate of drug-likeness (QED) is 0.880. The monoisotopic (exact) mass is 269 g/mol. The highest BCUT2D eigenvalue weighted by atomic mass is 79.9. The molecule has 15 heavy (non-hydrogen) atoms. The zero-order chi connectivity index (χ0) is 10.8. The van der Waals surface area contributed by atoms with Gasteiger partial charge >= 0.3 is 0 Å². The van der Waals surface area contributed by atoms with Crippen LogP contribution >= 0.6 is 15.9 Å². The SMILES string of the molecule is NC(c1ncc(Br)[nH]1)c1ccccc1F. The number of H-pyrrole nitrogens is 1. The number of nitrogens with two attached hydrogens (primary N) is 1. The van der Waals surface area contributed by atoms with Crippen molar-refractivity contribution >= 4 is 15.9 Å². The van der Waals surface area contributed by atoms with Crippen LogP contribution in [0.3, 0.4) is 0 Å². The Kier molecular flexibility index (Phi) is 2.83. The number of rotatable bonds is 2. The number of halogens is 2. The van der Waals surface area contributed by atoms with Crippen LogP contribution in [0.15, 0.2) is 35.1 Å². The third-order valence-corrected chi connectivity index (χ3v) is 2.50. The van der Waals surface area contributed by atoms with Crippen molar-refractivity contribution in [3.05, 3.63) is 52.3 Å². The van der Waals surface area contributed by atoms with Crippen molar-refractivity contribution in [2.24, 2.45) is 5.73 Å². The molecule has 0 spiro atoms. The van der Waals surface area contributed by atoms with Gasteiger partial charge in [0.15, 0.2) is 0 Å². The summed E-state index contributed by atoms with van der Waals surface area (Å²) in [6.45, 7) is 0. The lowest BCUT2D eigenvalue weighted by Gasteiger charge is -2.09. The summed E-state index contributed by atoms with van der Waals surface area (Å²) in [5.74, 6) is 0.212. The number of aromatic nitrogens is 2. The third-order valence-electron chi connectivity index (χ3n) is 2.10. The smallest absolute Gasteiger partial charge is 0.128 e. The Labute approximate surface area is 94.7 Å². The van der Waals surface area contributed by atoms with Crippen LogP contribution in [0.1, 0.15) is 17.4 Å². The van der Waals surface area contributed by atoms with Gasteiger partial charge in [-0.2, -0.15) is 0 Å². The van der Waals surface area contributed by atoms with E-state index >= 15 is 0 Å². The Morgan fingerprint density at radius 3 is 2.73 bits per heavy atom. The molecule has 0 aliphatic rings. The molecule has 1 atom stereocenters. The van der Waals surface area contributed by atoms with Crippen LogP contribution in [-0.4, -0.2) is 9.97 Å². The summed E-state index contributed by atoms with van der Waals surface area (Å²) in [6, 6.07) is 5.83. The maximum atomic E-state index is 13.4. The fourth-order valence-electron chi connectivity index (χ4n) is 1.35. The van der Waals surface area contributed by atoms with Crippen molar-refractivity contribution in [1.82, 2.24) is 9.97 Å². The standard InChI is InChI=1S/C10H9BrFN3/c11-8-5-14-10(15-8)9(13)6-3-1-2-4-7(6)12/h1-5,9H,13H2,(H,14,15). The number of benzene rings is 1. The van der Waals surface area contributed by atoms with Gasteiger partial charge in [0.1, 0.15) is 16.2 Å². The minimum atomic E-state index is -0.572. The lowest BCUT2D eigenvalue weighted by atomic mass is 10.1. The molecule has 0 saturated carbocycles. The molecule has 1 aromatic heterocycles. The molecule has 0 aliphatic heterocycles. The highest BCUT2D eigenvalue weighted by molar-refractivity contribution is 9.10. The highest BCUT2D eigenvalue weighted by Crippen LogP contribution is 2.20. The summed E-state index contributed by atoms with van der Waals surface area (Å²) < 4.78 is 14.1. The molecule has 0 bridgehead atoms. The van der Waals surface area contributed by atoms with Gasteiger partial charge in [-0.3, -0.25) is 0 Å². The van der Waals surface area contributed by atoms with Crippen molar-refractivity contribution in [2.75, 3.05) is 0 Å². The molecule has 5 heteroatoms. The predicted molar refractivity (Wildman–Crippen MR) is 58.7 cm³/mol. The van der Waals surface area contributed by atoms with Crippen LogP contribution < -0.4 is 5.73 Å². The molecule has 3 N–H and O–H groups in total. The van der Waals surface area contributed by atoms with Gasteiger partial charge in [-0.15, -0.1) is 0 Å². The van der Waals surface area contributed by atoms with Gasteiger partial charge in [0.25, 0.3) is 0 Å². The molecule has 1 heterocycles. The van der Waals surface area contributed by atoms with E-state index < -0.39 is 6.04 Å². The second kappa shape index (κ2) is 4.12. The first-order chi connectivity index (χ1) is 7.18. The normalized spacial score (nSPS) is 12.7. The number of nitrogens with one attached hydrogen (secondary N) is 1. The van der Waals surface area contributed by atoms with Crippen molar-refractivity contribution in [1.29, 1.82) is 0 Å². The highest BCUT2D eigenvalue weighted by Gasteiger charge is 2.15. The van der Waals surface area contributed by atoms with Crippen LogP contribution in [0.2, 0.25) is 0 Å². The van der Waals surface area contributed by atoms with Gasteiger partial charge in [-0.05, 0) is 22.0 Å². The molecule has 2 rings (SSSR count). The van der Waals surface area contributed by atoms with Crippen LogP contribution in [0, 0.1) is 5.82 Å². The third kappa shape index (κ3) is 2.08. The first-order valence-corrected chi connectivity index (χ1v) is 5.18. The first-order valence-electron chi connectivity index (χ1n) is 4.39. The molecule has 0 amide bonds. The van der Waals surface area contributed by atoms with E-state index in [1.165, 1.54) is 6.07 Å². The van der Waals surface area contributed by atoms with Gasteiger partial charge in [0.05, 0.1) is 12.2 Å². The van der Waals surface area contributed by atoms with Crippen LogP contribution in [-0.2, 0) is 0 Å². The van der Waals surface area contributed by atoms with Crippen molar-refractivity contribution in [2.45, 2.75) is 6.04 Å². The second-order valence-corrected chi connectivity index (χ2v) is 3.97. The number of hydrogen-bond acceptors (Lipinski definition) is 2. The van der Waals surface area contributed by atoms with Crippen molar-refractivity contribution in [3.8, 4) is 0 Å². The summed E-state index contributed by atoms with van der Waals surface area (Å²) in [6.07, 6.45) is 1.59. The van der Waals surface area contributed by atoms with Crippen molar-refractivity contribution in [3.63, 3.8) is 0 Å². The second-order valence-electron chi connectivity index (χ2n) is 3.12. The zero-order valence-electron chi connectivity index (χ0n) is 7.74. The van der Waals surface area contributed by atoms with E-state index in [-0.39, 0.29) is 5.82 Å². The minimum absolute atomic E-state index is 0.322. The maximum Gasteiger partial charge on any atom is 0.128 e. The largest absolute Gasteiger partial charge is 0.335 e. The molecule has 2 aromatic rings. The number of nitrogens with zero attached hydrogens (tertiary/aromatic N) is 1. The van der Waals surface area contributed by atoms with E-state index in [2.05, 4.69) is 25.9 Å². The lowest BCUT2D eigenvalue weighted by Crippen LogP contribution is -2.15. The maximum absolute atomic E-state index is 13.4. The average Bonchev–Trinajstić information content (AvgIpc) is 2.65. The Hall–Kier alpha value is -1.20. The molecule has 0 saturated heterocycles. The molecule has 1 aromatic carbocycles. The fourth-order valence-corrected chi connectivity index (χ4v) is 1.65. The van der Waals surface area contributed by atoms with Crippen LogP contribution in [0.4, 0.5) is 4.39 Å². The van der Waals surface area contributed by atoms with E-state index in [9.17, 15) is 4.39 Å². The molecule has 3 nitrogen and oxygen atoms in total. The van der Waals surface area contributed by atoms with Gasteiger partial charge in [0.2, 0.25) is 0 Å². The van der Waals surface area contributed by atoms with E-state index in [1.807, 2.05) is 0 Å². The first kappa shape index (κ1) is 10.3. The lowest BCUT2D eigenvalue weighted by molar-refractivity contribution is 0.595. The molecule has 0 fully saturated rings. The van der Waals surface area contributed by atoms with E-state index in [0.29, 0.717) is 11.4 Å². The van der Waals surface area contributed by atoms with Gasteiger partial charge < -0.3 is 10.7 Å². The fraction of sp³-hybridized carbons (Fsp3) is 0.100. The summed E-state index contributed by atoms with van der Waals surface area (Å²) in [7, 11) is 0. The van der Waals surface area contributed by atoms with Crippen LogP contribution in [0.25, 0.3) is 0 Å². The number of aromatic amines is 1. The molecule has 0 radical (unpaired) electrons. The van der Waals surface area contributed by atoms with E-state index in [0.717, 1.165) is 4.60 Å².